The molecule has 2 aliphatic heterocycles. The van der Waals surface area contributed by atoms with Crippen LogP contribution >= 0.6 is 0 Å². The van der Waals surface area contributed by atoms with Crippen LogP contribution in [0.2, 0.25) is 0 Å². The van der Waals surface area contributed by atoms with Gasteiger partial charge < -0.3 is 10.5 Å². The largest absolute Gasteiger partial charge is 0.497 e. The summed E-state index contributed by atoms with van der Waals surface area (Å²) in [4.78, 5) is 2.30. The summed E-state index contributed by atoms with van der Waals surface area (Å²) in [6.45, 7) is 0. The Morgan fingerprint density at radius 1 is 1.21 bits per heavy atom. The van der Waals surface area contributed by atoms with Crippen LogP contribution < -0.4 is 10.5 Å². The molecule has 2 heterocycles. The smallest absolute Gasteiger partial charge is 0.191 e. The van der Waals surface area contributed by atoms with Gasteiger partial charge in [-0.15, -0.1) is 0 Å². The maximum Gasteiger partial charge on any atom is 0.191 e. The van der Waals surface area contributed by atoms with Gasteiger partial charge in [0.15, 0.2) is 5.41 Å². The summed E-state index contributed by atoms with van der Waals surface area (Å²) in [5, 5.41) is 30.1. The molecule has 0 radical (unpaired) electrons. The van der Waals surface area contributed by atoms with Crippen molar-refractivity contribution in [2.24, 2.45) is 17.1 Å². The number of methoxy groups -OCH3 is 1. The molecule has 1 fully saturated rings. The zero-order chi connectivity index (χ0) is 20.1. The molecule has 1 aromatic carbocycles. The molecular weight excluding hydrogens is 350 g/mol. The number of nitriles is 3. The van der Waals surface area contributed by atoms with E-state index in [4.69, 9.17) is 10.5 Å². The van der Waals surface area contributed by atoms with Crippen molar-refractivity contribution in [3.63, 3.8) is 0 Å². The normalized spacial score (nSPS) is 30.5. The van der Waals surface area contributed by atoms with E-state index in [2.05, 4.69) is 36.2 Å². The van der Waals surface area contributed by atoms with Crippen LogP contribution in [-0.2, 0) is 0 Å². The van der Waals surface area contributed by atoms with Crippen molar-refractivity contribution in [1.29, 1.82) is 15.8 Å². The molecular formula is C22H21N5O. The molecule has 1 aliphatic carbocycles. The van der Waals surface area contributed by atoms with Gasteiger partial charge in [-0.1, -0.05) is 18.2 Å². The third-order valence-electron chi connectivity index (χ3n) is 6.68. The van der Waals surface area contributed by atoms with Gasteiger partial charge in [0, 0.05) is 23.9 Å². The molecule has 140 valence electrons. The van der Waals surface area contributed by atoms with Crippen molar-refractivity contribution in [2.75, 3.05) is 14.2 Å². The lowest BCUT2D eigenvalue weighted by Crippen LogP contribution is -2.51. The van der Waals surface area contributed by atoms with Crippen LogP contribution in [0.1, 0.15) is 24.3 Å². The Morgan fingerprint density at radius 2 is 1.96 bits per heavy atom. The number of nitrogens with zero attached hydrogens (tertiary/aromatic N) is 4. The van der Waals surface area contributed by atoms with E-state index in [0.717, 1.165) is 24.0 Å². The molecule has 4 rings (SSSR count). The van der Waals surface area contributed by atoms with Gasteiger partial charge in [-0.05, 0) is 43.2 Å². The fraction of sp³-hybridized carbons (Fsp3) is 0.409. The third kappa shape index (κ3) is 2.21. The first-order valence-electron chi connectivity index (χ1n) is 9.33. The Hall–Kier alpha value is -3.27. The quantitative estimate of drug-likeness (QED) is 0.855. The average Bonchev–Trinajstić information content (AvgIpc) is 2.96. The van der Waals surface area contributed by atoms with Gasteiger partial charge in [-0.25, -0.2) is 0 Å². The van der Waals surface area contributed by atoms with Gasteiger partial charge in [0.25, 0.3) is 0 Å². The SMILES string of the molecule is COc1cccc([C@H]2[C@@H]3C(=C[C@H]4CC[C@@H]3N4C)C(C#N)=C(N)C2(C#N)C#N)c1. The number of hydrogen-bond acceptors (Lipinski definition) is 6. The van der Waals surface area contributed by atoms with E-state index in [1.54, 1.807) is 7.11 Å². The Balaban J connectivity index is 2.04. The molecule has 0 spiro atoms. The minimum Gasteiger partial charge on any atom is -0.497 e. The van der Waals surface area contributed by atoms with Crippen LogP contribution in [0.15, 0.2) is 47.2 Å². The summed E-state index contributed by atoms with van der Waals surface area (Å²) in [7, 11) is 3.66. The molecule has 0 amide bonds. The summed E-state index contributed by atoms with van der Waals surface area (Å²) >= 11 is 0. The summed E-state index contributed by atoms with van der Waals surface area (Å²) in [6.07, 6.45) is 4.07. The number of benzene rings is 1. The molecule has 4 atom stereocenters. The monoisotopic (exact) mass is 371 g/mol. The van der Waals surface area contributed by atoms with Crippen LogP contribution in [0, 0.1) is 45.3 Å². The minimum atomic E-state index is -1.60. The van der Waals surface area contributed by atoms with Gasteiger partial charge in [0.2, 0.25) is 0 Å². The van der Waals surface area contributed by atoms with Gasteiger partial charge in [-0.2, -0.15) is 15.8 Å². The number of hydrogen-bond donors (Lipinski definition) is 1. The lowest BCUT2D eigenvalue weighted by Gasteiger charge is -2.48. The molecule has 0 saturated carbocycles. The Bertz CT molecular complexity index is 1000. The van der Waals surface area contributed by atoms with Crippen molar-refractivity contribution in [2.45, 2.75) is 30.8 Å². The van der Waals surface area contributed by atoms with E-state index >= 15 is 0 Å². The Labute approximate surface area is 164 Å². The fourth-order valence-electron chi connectivity index (χ4n) is 5.30. The number of nitrogens with two attached hydrogens (primary N) is 1. The number of allylic oxidation sites excluding steroid dienone is 2. The predicted octanol–water partition coefficient (Wildman–Crippen LogP) is 2.58. The molecule has 1 aromatic rings. The van der Waals surface area contributed by atoms with Gasteiger partial charge in [0.1, 0.15) is 11.8 Å². The van der Waals surface area contributed by atoms with Crippen molar-refractivity contribution in [1.82, 2.24) is 4.90 Å². The predicted molar refractivity (Wildman–Crippen MR) is 102 cm³/mol. The summed E-state index contributed by atoms with van der Waals surface area (Å²) < 4.78 is 5.38. The zero-order valence-corrected chi connectivity index (χ0v) is 15.9. The fourth-order valence-corrected chi connectivity index (χ4v) is 5.30. The Morgan fingerprint density at radius 3 is 2.61 bits per heavy atom. The average molecular weight is 371 g/mol. The molecule has 1 saturated heterocycles. The van der Waals surface area contributed by atoms with Crippen LogP contribution in [0.3, 0.4) is 0 Å². The van der Waals surface area contributed by atoms with Crippen LogP contribution in [0.4, 0.5) is 0 Å². The second-order valence-electron chi connectivity index (χ2n) is 7.71. The molecule has 2 N–H and O–H groups in total. The molecule has 3 aliphatic rings. The number of ether oxygens (including phenoxy) is 1. The van der Waals surface area contributed by atoms with Gasteiger partial charge in [0.05, 0.1) is 30.5 Å². The highest BCUT2D eigenvalue weighted by atomic mass is 16.5. The van der Waals surface area contributed by atoms with Gasteiger partial charge in [-0.3, -0.25) is 4.90 Å². The standard InChI is InChI=1S/C22H21N5O/c1-27-14-6-7-18(27)19-16(9-14)17(10-23)21(26)22(11-24,12-25)20(19)13-4-3-5-15(8-13)28-2/h3-5,8-9,14,18-20H,6-7,26H2,1-2H3/t14-,18+,19-,20+/m1/s1. The summed E-state index contributed by atoms with van der Waals surface area (Å²) in [5.74, 6) is 0.0273. The van der Waals surface area contributed by atoms with E-state index in [1.807, 2.05) is 24.3 Å². The van der Waals surface area contributed by atoms with E-state index in [-0.39, 0.29) is 23.7 Å². The van der Waals surface area contributed by atoms with Crippen LogP contribution in [0.25, 0.3) is 0 Å². The lowest BCUT2D eigenvalue weighted by molar-refractivity contribution is 0.160. The number of rotatable bonds is 2. The topological polar surface area (TPSA) is 110 Å². The van der Waals surface area contributed by atoms with E-state index < -0.39 is 11.3 Å². The van der Waals surface area contributed by atoms with Crippen LogP contribution in [0.5, 0.6) is 5.75 Å². The molecule has 28 heavy (non-hydrogen) atoms. The first kappa shape index (κ1) is 18.1. The maximum absolute atomic E-state index is 10.1. The second-order valence-corrected chi connectivity index (χ2v) is 7.71. The number of fused-ring (bicyclic) bond motifs is 4. The molecule has 6 heteroatoms. The molecule has 2 bridgehead atoms. The van der Waals surface area contributed by atoms with Crippen molar-refractivity contribution in [3.8, 4) is 24.0 Å². The lowest BCUT2D eigenvalue weighted by atomic mass is 9.56. The highest BCUT2D eigenvalue weighted by Gasteiger charge is 2.58. The highest BCUT2D eigenvalue weighted by Crippen LogP contribution is 2.58. The summed E-state index contributed by atoms with van der Waals surface area (Å²) in [6, 6.07) is 14.5. The second kappa shape index (κ2) is 6.41. The molecule has 0 unspecified atom stereocenters. The van der Waals surface area contributed by atoms with E-state index in [9.17, 15) is 15.8 Å². The first-order chi connectivity index (χ1) is 13.5. The first-order valence-corrected chi connectivity index (χ1v) is 9.33. The zero-order valence-electron chi connectivity index (χ0n) is 15.9. The molecule has 0 aromatic heterocycles. The van der Waals surface area contributed by atoms with Crippen molar-refractivity contribution in [3.05, 3.63) is 52.7 Å². The minimum absolute atomic E-state index is 0.0688. The highest BCUT2D eigenvalue weighted by molar-refractivity contribution is 5.60. The van der Waals surface area contributed by atoms with E-state index in [1.165, 1.54) is 0 Å². The van der Waals surface area contributed by atoms with E-state index in [0.29, 0.717) is 11.3 Å². The Kier molecular flexibility index (Phi) is 4.15. The van der Waals surface area contributed by atoms with Crippen molar-refractivity contribution >= 4 is 0 Å². The van der Waals surface area contributed by atoms with Gasteiger partial charge >= 0.3 is 0 Å². The summed E-state index contributed by atoms with van der Waals surface area (Å²) in [5.41, 5.74) is 6.86. The van der Waals surface area contributed by atoms with Crippen LogP contribution in [-0.4, -0.2) is 31.1 Å². The number of likely N-dealkylation sites (N-methyl/N-ethyl adjacent to an activating group) is 1. The molecule has 6 nitrogen and oxygen atoms in total. The maximum atomic E-state index is 10.1. The van der Waals surface area contributed by atoms with Crippen molar-refractivity contribution < 1.29 is 4.74 Å². The third-order valence-corrected chi connectivity index (χ3v) is 6.68.